The van der Waals surface area contributed by atoms with Crippen molar-refractivity contribution in [2.45, 2.75) is 0 Å². The van der Waals surface area contributed by atoms with Crippen LogP contribution in [0.5, 0.6) is 0 Å². The van der Waals surface area contributed by atoms with Crippen LogP contribution in [0.15, 0.2) is 25.3 Å². The topological polar surface area (TPSA) is 150 Å². The molecule has 0 rings (SSSR count). The molecular formula is C6H12N2O4Zn. The van der Waals surface area contributed by atoms with Crippen LogP contribution in [0, 0.1) is 0 Å². The molecule has 0 radical (unpaired) electrons. The summed E-state index contributed by atoms with van der Waals surface area (Å²) in [6.45, 7) is 5.80. The molecule has 0 aliphatic carbocycles. The monoisotopic (exact) mass is 240 g/mol. The Hall–Kier alpha value is -1.04. The van der Waals surface area contributed by atoms with Crippen LogP contribution in [-0.4, -0.2) is 11.9 Å². The molecule has 6 nitrogen and oxygen atoms in total. The third-order valence-corrected chi connectivity index (χ3v) is 0.333. The average molecular weight is 242 g/mol. The summed E-state index contributed by atoms with van der Waals surface area (Å²) >= 11 is 0. The second kappa shape index (κ2) is 22.4. The van der Waals surface area contributed by atoms with Gasteiger partial charge in [0.15, 0.2) is 0 Å². The third kappa shape index (κ3) is 100. The van der Waals surface area contributed by atoms with Crippen molar-refractivity contribution < 1.29 is 39.3 Å². The summed E-state index contributed by atoms with van der Waals surface area (Å²) in [6.07, 6.45) is 1.44. The number of hydrogen-bond acceptors (Lipinski definition) is 6. The summed E-state index contributed by atoms with van der Waals surface area (Å²) in [5, 5.41) is 18.3. The summed E-state index contributed by atoms with van der Waals surface area (Å²) < 4.78 is 0. The normalized spacial score (nSPS) is 4.92. The van der Waals surface area contributed by atoms with Crippen molar-refractivity contribution in [2.75, 3.05) is 0 Å². The van der Waals surface area contributed by atoms with Crippen molar-refractivity contribution >= 4 is 11.9 Å². The smallest absolute Gasteiger partial charge is 0.545 e. The zero-order valence-corrected chi connectivity index (χ0v) is 10.3. The molecule has 0 saturated carbocycles. The molecule has 0 spiro atoms. The molecule has 0 aromatic rings. The molecule has 0 aliphatic heterocycles. The maximum atomic E-state index is 9.14. The van der Waals surface area contributed by atoms with E-state index in [2.05, 4.69) is 13.2 Å². The number of carbonyl (C=O) groups excluding carboxylic acids is 2. The Morgan fingerprint density at radius 1 is 0.923 bits per heavy atom. The number of hydrogen-bond donors (Lipinski definition) is 2. The average Bonchev–Trinajstić information content (AvgIpc) is 1.89. The number of aliphatic carboxylic acids is 2. The minimum absolute atomic E-state index is 0. The third-order valence-electron chi connectivity index (χ3n) is 0.333. The molecule has 7 heteroatoms. The Balaban J connectivity index is -0.0000000267. The zero-order chi connectivity index (χ0) is 8.57. The first-order chi connectivity index (χ1) is 4.54. The number of carbonyl (C=O) groups is 2. The van der Waals surface area contributed by atoms with Gasteiger partial charge < -0.3 is 32.1 Å². The van der Waals surface area contributed by atoms with E-state index in [-0.39, 0.29) is 31.8 Å². The van der Waals surface area contributed by atoms with Crippen LogP contribution < -0.4 is 22.5 Å². The minimum Gasteiger partial charge on any atom is -0.545 e. The summed E-state index contributed by atoms with van der Waals surface area (Å²) in [6, 6.07) is 0. The van der Waals surface area contributed by atoms with Gasteiger partial charge in [0.1, 0.15) is 0 Å². The van der Waals surface area contributed by atoms with Gasteiger partial charge in [-0.25, -0.2) is 0 Å². The Morgan fingerprint density at radius 3 is 1.00 bits per heavy atom. The molecule has 0 fully saturated rings. The maximum Gasteiger partial charge on any atom is 2.00 e. The van der Waals surface area contributed by atoms with E-state index in [1.807, 2.05) is 0 Å². The van der Waals surface area contributed by atoms with Crippen LogP contribution in [0.4, 0.5) is 0 Å². The van der Waals surface area contributed by atoms with Crippen molar-refractivity contribution in [3.05, 3.63) is 25.3 Å². The van der Waals surface area contributed by atoms with Crippen LogP contribution in [0.2, 0.25) is 0 Å². The van der Waals surface area contributed by atoms with Crippen molar-refractivity contribution in [3.63, 3.8) is 0 Å². The quantitative estimate of drug-likeness (QED) is 0.428. The van der Waals surface area contributed by atoms with Crippen LogP contribution in [0.3, 0.4) is 0 Å². The molecular weight excluding hydrogens is 229 g/mol. The SMILES string of the molecule is C=CC(=O)[O-].C=CC(=O)[O-].N.N.[Zn+2]. The molecule has 0 atom stereocenters. The fourth-order valence-corrected chi connectivity index (χ4v) is 0. The van der Waals surface area contributed by atoms with Gasteiger partial charge in [0, 0.05) is 0 Å². The predicted octanol–water partition coefficient (Wildman–Crippen LogP) is -1.83. The van der Waals surface area contributed by atoms with Gasteiger partial charge in [-0.05, 0) is 12.2 Å². The molecule has 0 heterocycles. The minimum atomic E-state index is -1.23. The first-order valence-electron chi connectivity index (χ1n) is 2.21. The number of carboxylic acids is 2. The van der Waals surface area contributed by atoms with Crippen molar-refractivity contribution in [1.29, 1.82) is 0 Å². The fourth-order valence-electron chi connectivity index (χ4n) is 0. The summed E-state index contributed by atoms with van der Waals surface area (Å²) in [5.41, 5.74) is 0. The summed E-state index contributed by atoms with van der Waals surface area (Å²) in [5.74, 6) is -2.46. The molecule has 0 amide bonds. The Bertz CT molecular complexity index is 143. The summed E-state index contributed by atoms with van der Waals surface area (Å²) in [4.78, 5) is 18.3. The van der Waals surface area contributed by atoms with Crippen molar-refractivity contribution in [2.24, 2.45) is 0 Å². The van der Waals surface area contributed by atoms with Gasteiger partial charge >= 0.3 is 19.5 Å². The fraction of sp³-hybridized carbons (Fsp3) is 0. The van der Waals surface area contributed by atoms with E-state index in [9.17, 15) is 0 Å². The molecule has 0 aliphatic rings. The van der Waals surface area contributed by atoms with E-state index >= 15 is 0 Å². The molecule has 0 saturated heterocycles. The van der Waals surface area contributed by atoms with Gasteiger partial charge in [-0.1, -0.05) is 13.2 Å². The van der Waals surface area contributed by atoms with Gasteiger partial charge in [0.05, 0.1) is 11.9 Å². The van der Waals surface area contributed by atoms with E-state index in [0.717, 1.165) is 12.2 Å². The maximum absolute atomic E-state index is 9.14. The molecule has 6 N–H and O–H groups in total. The zero-order valence-electron chi connectivity index (χ0n) is 7.32. The van der Waals surface area contributed by atoms with Crippen molar-refractivity contribution in [3.8, 4) is 0 Å². The van der Waals surface area contributed by atoms with E-state index in [4.69, 9.17) is 19.8 Å². The second-order valence-corrected chi connectivity index (χ2v) is 1.05. The van der Waals surface area contributed by atoms with Crippen molar-refractivity contribution in [1.82, 2.24) is 12.3 Å². The van der Waals surface area contributed by atoms with E-state index < -0.39 is 11.9 Å². The van der Waals surface area contributed by atoms with Gasteiger partial charge in [-0.2, -0.15) is 0 Å². The second-order valence-electron chi connectivity index (χ2n) is 1.05. The summed E-state index contributed by atoms with van der Waals surface area (Å²) in [7, 11) is 0. The molecule has 0 aromatic carbocycles. The van der Waals surface area contributed by atoms with Gasteiger partial charge in [-0.15, -0.1) is 0 Å². The number of carboxylic acid groups (broad SMARTS) is 2. The largest absolute Gasteiger partial charge is 2.00 e. The first-order valence-corrected chi connectivity index (χ1v) is 2.21. The molecule has 0 unspecified atom stereocenters. The Kier molecular flexibility index (Phi) is 51.2. The van der Waals surface area contributed by atoms with Crippen LogP contribution in [0.1, 0.15) is 0 Å². The molecule has 0 bridgehead atoms. The van der Waals surface area contributed by atoms with Crippen LogP contribution in [-0.2, 0) is 29.1 Å². The van der Waals surface area contributed by atoms with E-state index in [1.54, 1.807) is 0 Å². The molecule has 72 valence electrons. The van der Waals surface area contributed by atoms with E-state index in [1.165, 1.54) is 0 Å². The van der Waals surface area contributed by atoms with Crippen LogP contribution in [0.25, 0.3) is 0 Å². The Labute approximate surface area is 89.3 Å². The van der Waals surface area contributed by atoms with Gasteiger partial charge in [0.25, 0.3) is 0 Å². The predicted molar refractivity (Wildman–Crippen MR) is 40.5 cm³/mol. The van der Waals surface area contributed by atoms with Crippen LogP contribution >= 0.6 is 0 Å². The molecule has 13 heavy (non-hydrogen) atoms. The first kappa shape index (κ1) is 29.7. The Morgan fingerprint density at radius 2 is 1.00 bits per heavy atom. The van der Waals surface area contributed by atoms with E-state index in [0.29, 0.717) is 0 Å². The van der Waals surface area contributed by atoms with Gasteiger partial charge in [0.2, 0.25) is 0 Å². The molecule has 0 aromatic heterocycles. The standard InChI is InChI=1S/2C3H4O2.2H3N.Zn/c2*1-2-3(4)5;;;/h2*2H,1H2,(H,4,5);2*1H3;/q;;;;+2/p-2. The van der Waals surface area contributed by atoms with Gasteiger partial charge in [-0.3, -0.25) is 0 Å². The number of rotatable bonds is 2.